The second kappa shape index (κ2) is 6.99. The Kier molecular flexibility index (Phi) is 4.40. The van der Waals surface area contributed by atoms with Crippen LogP contribution in [0.1, 0.15) is 30.5 Å². The molecule has 154 valence electrons. The number of hydrogen-bond acceptors (Lipinski definition) is 7. The summed E-state index contributed by atoms with van der Waals surface area (Å²) in [6.45, 7) is 0.0666. The van der Waals surface area contributed by atoms with Crippen LogP contribution in [-0.2, 0) is 16.6 Å². The van der Waals surface area contributed by atoms with E-state index in [0.29, 0.717) is 33.9 Å². The average molecular weight is 447 g/mol. The van der Waals surface area contributed by atoms with Crippen molar-refractivity contribution in [2.45, 2.75) is 30.2 Å². The lowest BCUT2D eigenvalue weighted by Gasteiger charge is -2.08. The minimum atomic E-state index is -3.88. The van der Waals surface area contributed by atoms with Crippen LogP contribution in [0.5, 0.6) is 0 Å². The molecule has 0 spiro atoms. The molecule has 0 saturated heterocycles. The predicted molar refractivity (Wildman–Crippen MR) is 108 cm³/mol. The van der Waals surface area contributed by atoms with Gasteiger partial charge < -0.3 is 8.94 Å². The lowest BCUT2D eigenvalue weighted by molar-refractivity contribution is 0.372. The third kappa shape index (κ3) is 3.59. The van der Waals surface area contributed by atoms with Gasteiger partial charge in [0.05, 0.1) is 17.0 Å². The van der Waals surface area contributed by atoms with Crippen molar-refractivity contribution in [3.63, 3.8) is 0 Å². The van der Waals surface area contributed by atoms with Gasteiger partial charge in [0.15, 0.2) is 11.4 Å². The fraction of sp³-hybridized carbons (Fsp3) is 0.211. The van der Waals surface area contributed by atoms with E-state index in [0.717, 1.165) is 12.8 Å². The highest BCUT2D eigenvalue weighted by Crippen LogP contribution is 2.38. The Labute approximate surface area is 175 Å². The van der Waals surface area contributed by atoms with Crippen LogP contribution in [0.4, 0.5) is 5.69 Å². The van der Waals surface area contributed by atoms with Gasteiger partial charge in [-0.25, -0.2) is 13.2 Å². The molecule has 0 radical (unpaired) electrons. The van der Waals surface area contributed by atoms with E-state index < -0.39 is 15.8 Å². The number of hydrogen-bond donors (Lipinski definition) is 1. The number of aromatic nitrogens is 3. The lowest BCUT2D eigenvalue weighted by atomic mass is 10.3. The summed E-state index contributed by atoms with van der Waals surface area (Å²) in [5, 5.41) is 4.40. The van der Waals surface area contributed by atoms with E-state index in [1.165, 1.54) is 22.8 Å². The molecule has 30 heavy (non-hydrogen) atoms. The number of rotatable bonds is 6. The van der Waals surface area contributed by atoms with E-state index in [1.54, 1.807) is 24.3 Å². The van der Waals surface area contributed by atoms with Crippen LogP contribution < -0.4 is 10.5 Å². The van der Waals surface area contributed by atoms with E-state index in [4.69, 9.17) is 20.5 Å². The second-order valence-electron chi connectivity index (χ2n) is 7.02. The van der Waals surface area contributed by atoms with Crippen LogP contribution in [0.3, 0.4) is 0 Å². The molecule has 11 heteroatoms. The predicted octanol–water partition coefficient (Wildman–Crippen LogP) is 3.36. The first-order valence-electron chi connectivity index (χ1n) is 9.13. The van der Waals surface area contributed by atoms with Crippen molar-refractivity contribution in [1.29, 1.82) is 0 Å². The van der Waals surface area contributed by atoms with Crippen molar-refractivity contribution in [1.82, 2.24) is 14.7 Å². The van der Waals surface area contributed by atoms with Crippen molar-refractivity contribution in [2.75, 3.05) is 4.72 Å². The quantitative estimate of drug-likeness (QED) is 0.482. The maximum absolute atomic E-state index is 12.7. The minimum Gasteiger partial charge on any atom is -0.408 e. The lowest BCUT2D eigenvalue weighted by Crippen LogP contribution is -2.15. The maximum atomic E-state index is 12.7. The van der Waals surface area contributed by atoms with Crippen molar-refractivity contribution >= 4 is 38.4 Å². The zero-order valence-electron chi connectivity index (χ0n) is 15.4. The third-order valence-corrected chi connectivity index (χ3v) is 6.39. The number of oxazole rings is 1. The van der Waals surface area contributed by atoms with Crippen molar-refractivity contribution in [3.05, 3.63) is 69.8 Å². The van der Waals surface area contributed by atoms with Crippen LogP contribution in [0.15, 0.2) is 61.1 Å². The van der Waals surface area contributed by atoms with Crippen LogP contribution in [-0.4, -0.2) is 23.1 Å². The first-order chi connectivity index (χ1) is 14.4. The van der Waals surface area contributed by atoms with Gasteiger partial charge in [0.1, 0.15) is 0 Å². The Morgan fingerprint density at radius 1 is 1.17 bits per heavy atom. The molecule has 1 saturated carbocycles. The number of fused-ring (bicyclic) bond motifs is 1. The van der Waals surface area contributed by atoms with E-state index in [1.807, 2.05) is 0 Å². The van der Waals surface area contributed by atoms with Crippen molar-refractivity contribution in [3.8, 4) is 0 Å². The Morgan fingerprint density at radius 3 is 2.67 bits per heavy atom. The molecule has 4 aromatic rings. The fourth-order valence-corrected chi connectivity index (χ4v) is 4.26. The van der Waals surface area contributed by atoms with E-state index in [2.05, 4.69) is 14.9 Å². The number of halogens is 1. The highest BCUT2D eigenvalue weighted by molar-refractivity contribution is 7.92. The number of anilines is 1. The molecule has 1 fully saturated rings. The molecule has 0 amide bonds. The standard InChI is InChI=1S/C19H15ClN4O5S/c20-12-3-5-13(6-4-12)23-30(26,27)14-7-8-15-16(9-14)28-19(25)24(15)10-17-21-18(29-22-17)11-1-2-11/h3-9,11,23H,1-2,10H2. The molecular formula is C19H15ClN4O5S. The topological polar surface area (TPSA) is 120 Å². The Morgan fingerprint density at radius 2 is 1.93 bits per heavy atom. The number of nitrogens with one attached hydrogen (secondary N) is 1. The SMILES string of the molecule is O=c1oc2cc(S(=O)(=O)Nc3ccc(Cl)cc3)ccc2n1Cc1noc(C2CC2)n1. The molecule has 0 aliphatic heterocycles. The first kappa shape index (κ1) is 18.9. The molecule has 1 aliphatic rings. The molecule has 2 aromatic carbocycles. The summed E-state index contributed by atoms with van der Waals surface area (Å²) in [5.41, 5.74) is 0.940. The number of sulfonamides is 1. The monoisotopic (exact) mass is 446 g/mol. The van der Waals surface area contributed by atoms with Gasteiger partial charge in [-0.3, -0.25) is 9.29 Å². The van der Waals surface area contributed by atoms with Crippen LogP contribution in [0.2, 0.25) is 5.02 Å². The van der Waals surface area contributed by atoms with Gasteiger partial charge in [-0.2, -0.15) is 4.98 Å². The third-order valence-electron chi connectivity index (χ3n) is 4.76. The summed E-state index contributed by atoms with van der Waals surface area (Å²) in [6.07, 6.45) is 2.05. The smallest absolute Gasteiger partial charge is 0.408 e. The molecule has 1 N–H and O–H groups in total. The Hall–Kier alpha value is -3.11. The van der Waals surface area contributed by atoms with E-state index >= 15 is 0 Å². The molecule has 0 bridgehead atoms. The maximum Gasteiger partial charge on any atom is 0.420 e. The number of benzene rings is 2. The van der Waals surface area contributed by atoms with Gasteiger partial charge >= 0.3 is 5.76 Å². The molecule has 5 rings (SSSR count). The highest BCUT2D eigenvalue weighted by atomic mass is 35.5. The van der Waals surface area contributed by atoms with Gasteiger partial charge in [-0.15, -0.1) is 0 Å². The molecule has 9 nitrogen and oxygen atoms in total. The van der Waals surface area contributed by atoms with E-state index in [-0.39, 0.29) is 17.0 Å². The average Bonchev–Trinajstić information content (AvgIpc) is 3.38. The molecular weight excluding hydrogens is 432 g/mol. The van der Waals surface area contributed by atoms with Crippen LogP contribution in [0, 0.1) is 0 Å². The summed E-state index contributed by atoms with van der Waals surface area (Å²) >= 11 is 5.82. The summed E-state index contributed by atoms with van der Waals surface area (Å²) in [7, 11) is -3.88. The van der Waals surface area contributed by atoms with Gasteiger partial charge in [0.2, 0.25) is 5.89 Å². The molecule has 0 unspecified atom stereocenters. The Bertz CT molecular complexity index is 1400. The summed E-state index contributed by atoms with van der Waals surface area (Å²) in [5.74, 6) is 0.614. The fourth-order valence-electron chi connectivity index (χ4n) is 3.06. The van der Waals surface area contributed by atoms with Gasteiger partial charge in [0, 0.05) is 22.7 Å². The van der Waals surface area contributed by atoms with Crippen LogP contribution in [0.25, 0.3) is 11.1 Å². The zero-order chi connectivity index (χ0) is 20.9. The molecule has 1 aliphatic carbocycles. The van der Waals surface area contributed by atoms with Gasteiger partial charge in [-0.1, -0.05) is 16.8 Å². The largest absolute Gasteiger partial charge is 0.420 e. The summed E-state index contributed by atoms with van der Waals surface area (Å²) in [6, 6.07) is 10.5. The molecule has 0 atom stereocenters. The normalized spacial score (nSPS) is 14.3. The molecule has 2 aromatic heterocycles. The minimum absolute atomic E-state index is 0.0403. The Balaban J connectivity index is 1.44. The summed E-state index contributed by atoms with van der Waals surface area (Å²) in [4.78, 5) is 16.6. The van der Waals surface area contributed by atoms with E-state index in [9.17, 15) is 13.2 Å². The van der Waals surface area contributed by atoms with Crippen molar-refractivity contribution < 1.29 is 17.4 Å². The number of nitrogens with zero attached hydrogens (tertiary/aromatic N) is 3. The van der Waals surface area contributed by atoms with Crippen LogP contribution >= 0.6 is 11.6 Å². The van der Waals surface area contributed by atoms with Gasteiger partial charge in [-0.05, 0) is 49.2 Å². The second-order valence-corrected chi connectivity index (χ2v) is 9.14. The zero-order valence-corrected chi connectivity index (χ0v) is 17.0. The first-order valence-corrected chi connectivity index (χ1v) is 11.0. The molecule has 2 heterocycles. The van der Waals surface area contributed by atoms with Gasteiger partial charge in [0.25, 0.3) is 10.0 Å². The van der Waals surface area contributed by atoms with Crippen molar-refractivity contribution in [2.24, 2.45) is 0 Å². The summed E-state index contributed by atoms with van der Waals surface area (Å²) < 4.78 is 39.6. The highest BCUT2D eigenvalue weighted by Gasteiger charge is 2.29.